The fraction of sp³-hybridized carbons (Fsp3) is 0.118. The molecule has 0 N–H and O–H groups in total. The highest BCUT2D eigenvalue weighted by molar-refractivity contribution is 6.00. The van der Waals surface area contributed by atoms with Crippen LogP contribution in [-0.4, -0.2) is 13.4 Å². The molecule has 0 amide bonds. The molecule has 3 aromatic rings. The Kier molecular flexibility index (Phi) is 3.60. The van der Waals surface area contributed by atoms with E-state index in [0.29, 0.717) is 28.6 Å². The van der Waals surface area contributed by atoms with E-state index in [1.165, 1.54) is 25.3 Å². The molecule has 118 valence electrons. The molecule has 0 bridgehead atoms. The molecule has 0 saturated heterocycles. The van der Waals surface area contributed by atoms with Crippen molar-refractivity contribution in [1.82, 2.24) is 0 Å². The van der Waals surface area contributed by atoms with Gasteiger partial charge in [0, 0.05) is 16.5 Å². The highest BCUT2D eigenvalue weighted by Crippen LogP contribution is 2.37. The zero-order valence-corrected chi connectivity index (χ0v) is 12.0. The van der Waals surface area contributed by atoms with Gasteiger partial charge in [-0.2, -0.15) is 13.2 Å². The van der Waals surface area contributed by atoms with E-state index in [4.69, 9.17) is 9.15 Å². The van der Waals surface area contributed by atoms with Crippen molar-refractivity contribution in [3.63, 3.8) is 0 Å². The molecular weight excluding hydrogens is 309 g/mol. The molecule has 0 unspecified atom stereocenters. The first-order chi connectivity index (χ1) is 10.9. The number of benzene rings is 2. The molecule has 0 fully saturated rings. The first-order valence-corrected chi connectivity index (χ1v) is 6.67. The van der Waals surface area contributed by atoms with Crippen molar-refractivity contribution in [2.75, 3.05) is 7.11 Å². The molecule has 0 aliphatic heterocycles. The van der Waals surface area contributed by atoms with E-state index in [1.807, 2.05) is 0 Å². The largest absolute Gasteiger partial charge is 0.493 e. The van der Waals surface area contributed by atoms with Crippen molar-refractivity contribution in [3.05, 3.63) is 53.6 Å². The fourth-order valence-electron chi connectivity index (χ4n) is 2.37. The lowest BCUT2D eigenvalue weighted by Crippen LogP contribution is -2.04. The van der Waals surface area contributed by atoms with E-state index in [0.717, 1.165) is 12.1 Å². The predicted octanol–water partition coefficient (Wildman–Crippen LogP) is 4.94. The molecule has 3 rings (SSSR count). The summed E-state index contributed by atoms with van der Waals surface area (Å²) < 4.78 is 49.3. The van der Waals surface area contributed by atoms with Crippen molar-refractivity contribution in [2.45, 2.75) is 6.18 Å². The predicted molar refractivity (Wildman–Crippen MR) is 78.6 cm³/mol. The summed E-state index contributed by atoms with van der Waals surface area (Å²) in [6.45, 7) is 0. The first kappa shape index (κ1) is 15.1. The van der Waals surface area contributed by atoms with Crippen molar-refractivity contribution >= 4 is 17.3 Å². The number of hydrogen-bond donors (Lipinski definition) is 0. The summed E-state index contributed by atoms with van der Waals surface area (Å²) in [5.41, 5.74) is 0.209. The van der Waals surface area contributed by atoms with Crippen molar-refractivity contribution in [3.8, 4) is 17.1 Å². The normalized spacial score (nSPS) is 11.7. The summed E-state index contributed by atoms with van der Waals surface area (Å²) in [5.74, 6) is 0.641. The van der Waals surface area contributed by atoms with E-state index < -0.39 is 11.7 Å². The lowest BCUT2D eigenvalue weighted by Gasteiger charge is -2.07. The van der Waals surface area contributed by atoms with Gasteiger partial charge in [0.05, 0.1) is 12.7 Å². The van der Waals surface area contributed by atoms with Gasteiger partial charge in [0.25, 0.3) is 0 Å². The number of rotatable bonds is 3. The van der Waals surface area contributed by atoms with Crippen LogP contribution in [0.3, 0.4) is 0 Å². The number of fused-ring (bicyclic) bond motifs is 1. The highest BCUT2D eigenvalue weighted by atomic mass is 19.4. The summed E-state index contributed by atoms with van der Waals surface area (Å²) in [6.07, 6.45) is -3.78. The van der Waals surface area contributed by atoms with Gasteiger partial charge < -0.3 is 9.15 Å². The zero-order valence-electron chi connectivity index (χ0n) is 12.0. The van der Waals surface area contributed by atoms with Crippen LogP contribution in [0.15, 0.2) is 46.9 Å². The minimum Gasteiger partial charge on any atom is -0.493 e. The van der Waals surface area contributed by atoms with E-state index in [1.54, 1.807) is 12.1 Å². The maximum absolute atomic E-state index is 12.8. The maximum atomic E-state index is 12.8. The second-order valence-electron chi connectivity index (χ2n) is 4.91. The Morgan fingerprint density at radius 3 is 2.57 bits per heavy atom. The first-order valence-electron chi connectivity index (χ1n) is 6.67. The molecule has 0 spiro atoms. The Labute approximate surface area is 129 Å². The second-order valence-corrected chi connectivity index (χ2v) is 4.91. The van der Waals surface area contributed by atoms with Crippen LogP contribution in [0.25, 0.3) is 22.3 Å². The number of carbonyl (C=O) groups is 1. The third-order valence-electron chi connectivity index (χ3n) is 3.50. The van der Waals surface area contributed by atoms with E-state index in [-0.39, 0.29) is 11.3 Å². The number of alkyl halides is 3. The molecular formula is C17H11F3O3. The van der Waals surface area contributed by atoms with Crippen LogP contribution in [0.2, 0.25) is 0 Å². The molecule has 2 aromatic carbocycles. The van der Waals surface area contributed by atoms with Crippen molar-refractivity contribution < 1.29 is 27.1 Å². The summed E-state index contributed by atoms with van der Waals surface area (Å²) >= 11 is 0. The molecule has 0 atom stereocenters. The highest BCUT2D eigenvalue weighted by Gasteiger charge is 2.30. The number of aldehydes is 1. The standard InChI is InChI=1S/C17H11F3O3/c1-22-14-6-5-11(9-21)13-8-15(23-16(13)14)10-3-2-4-12(7-10)17(18,19)20/h2-9H,1H3. The quantitative estimate of drug-likeness (QED) is 0.642. The van der Waals surface area contributed by atoms with Crippen LogP contribution < -0.4 is 4.74 Å². The molecule has 23 heavy (non-hydrogen) atoms. The van der Waals surface area contributed by atoms with Crippen LogP contribution in [0, 0.1) is 0 Å². The molecule has 0 aliphatic rings. The zero-order chi connectivity index (χ0) is 16.6. The lowest BCUT2D eigenvalue weighted by atomic mass is 10.1. The number of carbonyl (C=O) groups excluding carboxylic acids is 1. The van der Waals surface area contributed by atoms with Crippen LogP contribution in [0.5, 0.6) is 5.75 Å². The molecule has 0 radical (unpaired) electrons. The fourth-order valence-corrected chi connectivity index (χ4v) is 2.37. The molecule has 3 nitrogen and oxygen atoms in total. The molecule has 0 aliphatic carbocycles. The summed E-state index contributed by atoms with van der Waals surface area (Å²) in [5, 5.41) is 0.492. The molecule has 6 heteroatoms. The third-order valence-corrected chi connectivity index (χ3v) is 3.50. The minimum absolute atomic E-state index is 0.235. The van der Waals surface area contributed by atoms with Crippen molar-refractivity contribution in [2.24, 2.45) is 0 Å². The number of methoxy groups -OCH3 is 1. The van der Waals surface area contributed by atoms with E-state index in [2.05, 4.69) is 0 Å². The van der Waals surface area contributed by atoms with Crippen LogP contribution >= 0.6 is 0 Å². The number of ether oxygens (including phenoxy) is 1. The van der Waals surface area contributed by atoms with Crippen LogP contribution in [-0.2, 0) is 6.18 Å². The van der Waals surface area contributed by atoms with Gasteiger partial charge in [-0.25, -0.2) is 0 Å². The number of halogens is 3. The SMILES string of the molecule is COc1ccc(C=O)c2cc(-c3cccc(C(F)(F)F)c3)oc12. The van der Waals surface area contributed by atoms with Gasteiger partial charge in [-0.3, -0.25) is 4.79 Å². The number of furan rings is 1. The van der Waals surface area contributed by atoms with E-state index >= 15 is 0 Å². The Hall–Kier alpha value is -2.76. The average Bonchev–Trinajstić information content (AvgIpc) is 2.98. The summed E-state index contributed by atoms with van der Waals surface area (Å²) in [7, 11) is 1.45. The topological polar surface area (TPSA) is 39.4 Å². The Bertz CT molecular complexity index is 878. The van der Waals surface area contributed by atoms with Gasteiger partial charge in [0.1, 0.15) is 5.76 Å². The number of hydrogen-bond acceptors (Lipinski definition) is 3. The summed E-state index contributed by atoms with van der Waals surface area (Å²) in [4.78, 5) is 11.1. The van der Waals surface area contributed by atoms with E-state index in [9.17, 15) is 18.0 Å². The molecule has 1 heterocycles. The monoisotopic (exact) mass is 320 g/mol. The van der Waals surface area contributed by atoms with Gasteiger partial charge in [0.15, 0.2) is 17.6 Å². The van der Waals surface area contributed by atoms with Crippen LogP contribution in [0.4, 0.5) is 13.2 Å². The smallest absolute Gasteiger partial charge is 0.416 e. The van der Waals surface area contributed by atoms with Crippen LogP contribution in [0.1, 0.15) is 15.9 Å². The maximum Gasteiger partial charge on any atom is 0.416 e. The van der Waals surface area contributed by atoms with Gasteiger partial charge in [-0.1, -0.05) is 12.1 Å². The van der Waals surface area contributed by atoms with Gasteiger partial charge in [0.2, 0.25) is 0 Å². The second kappa shape index (κ2) is 5.46. The Balaban J connectivity index is 2.20. The minimum atomic E-state index is -4.44. The Morgan fingerprint density at radius 2 is 1.91 bits per heavy atom. The van der Waals surface area contributed by atoms with Crippen molar-refractivity contribution in [1.29, 1.82) is 0 Å². The molecule has 1 aromatic heterocycles. The lowest BCUT2D eigenvalue weighted by molar-refractivity contribution is -0.137. The van der Waals surface area contributed by atoms with Gasteiger partial charge >= 0.3 is 6.18 Å². The Morgan fingerprint density at radius 1 is 1.13 bits per heavy atom. The molecule has 0 saturated carbocycles. The van der Waals surface area contributed by atoms with Gasteiger partial charge in [-0.05, 0) is 30.3 Å². The average molecular weight is 320 g/mol. The summed E-state index contributed by atoms with van der Waals surface area (Å²) in [6, 6.07) is 9.50. The van der Waals surface area contributed by atoms with Gasteiger partial charge in [-0.15, -0.1) is 0 Å². The third kappa shape index (κ3) is 2.67.